The van der Waals surface area contributed by atoms with Gasteiger partial charge in [0.05, 0.1) is 17.8 Å². The molecule has 0 unspecified atom stereocenters. The maximum atomic E-state index is 12.4. The molecule has 0 atom stereocenters. The molecule has 1 saturated heterocycles. The molecule has 1 N–H and O–H groups in total. The Hall–Kier alpha value is -2.40. The van der Waals surface area contributed by atoms with Crippen LogP contribution in [0.5, 0.6) is 5.75 Å². The van der Waals surface area contributed by atoms with Crippen molar-refractivity contribution < 1.29 is 9.53 Å². The van der Waals surface area contributed by atoms with Crippen LogP contribution in [0.4, 0.5) is 10.5 Å². The van der Waals surface area contributed by atoms with Gasteiger partial charge in [-0.25, -0.2) is 4.79 Å². The van der Waals surface area contributed by atoms with E-state index < -0.39 is 0 Å². The van der Waals surface area contributed by atoms with Gasteiger partial charge in [-0.15, -0.1) is 0 Å². The number of rotatable bonds is 6. The number of aryl methyl sites for hydroxylation is 1. The molecule has 5 nitrogen and oxygen atoms in total. The van der Waals surface area contributed by atoms with E-state index in [1.807, 2.05) is 41.3 Å². The number of methoxy groups -OCH3 is 1. The van der Waals surface area contributed by atoms with E-state index in [4.69, 9.17) is 16.3 Å². The Labute approximate surface area is 165 Å². The minimum Gasteiger partial charge on any atom is -0.497 e. The van der Waals surface area contributed by atoms with Crippen LogP contribution >= 0.6 is 11.6 Å². The molecule has 2 aromatic rings. The second-order valence-electron chi connectivity index (χ2n) is 6.61. The second kappa shape index (κ2) is 9.51. The molecule has 1 fully saturated rings. The van der Waals surface area contributed by atoms with Gasteiger partial charge in [0.25, 0.3) is 0 Å². The Balaban J connectivity index is 1.37. The summed E-state index contributed by atoms with van der Waals surface area (Å²) in [5, 5.41) is 3.79. The highest BCUT2D eigenvalue weighted by Crippen LogP contribution is 2.26. The van der Waals surface area contributed by atoms with E-state index in [9.17, 15) is 4.79 Å². The number of hydrogen-bond acceptors (Lipinski definition) is 3. The van der Waals surface area contributed by atoms with Gasteiger partial charge < -0.3 is 19.9 Å². The molecule has 0 saturated carbocycles. The fraction of sp³-hybridized carbons (Fsp3) is 0.381. The van der Waals surface area contributed by atoms with Gasteiger partial charge in [-0.1, -0.05) is 35.9 Å². The van der Waals surface area contributed by atoms with Gasteiger partial charge in [0.1, 0.15) is 5.75 Å². The molecule has 144 valence electrons. The minimum absolute atomic E-state index is 0.0172. The van der Waals surface area contributed by atoms with Crippen LogP contribution in [0.2, 0.25) is 5.02 Å². The Morgan fingerprint density at radius 1 is 1.07 bits per heavy atom. The van der Waals surface area contributed by atoms with Crippen LogP contribution in [-0.2, 0) is 6.42 Å². The van der Waals surface area contributed by atoms with E-state index in [0.717, 1.165) is 42.4 Å². The molecule has 1 aliphatic rings. The first-order valence-electron chi connectivity index (χ1n) is 9.32. The van der Waals surface area contributed by atoms with Crippen molar-refractivity contribution >= 4 is 23.3 Å². The number of ether oxygens (including phenoxy) is 1. The number of hydrogen-bond donors (Lipinski definition) is 1. The summed E-state index contributed by atoms with van der Waals surface area (Å²) < 4.78 is 5.16. The standard InChI is InChI=1S/C21H26ClN3O2/c1-27-18-10-8-17(9-11-18)5-4-12-23-21(26)25-15-13-24(14-16-25)20-7-3-2-6-19(20)22/h2-3,6-11H,4-5,12-16H2,1H3,(H,23,26). The molecule has 3 rings (SSSR count). The summed E-state index contributed by atoms with van der Waals surface area (Å²) in [6.07, 6.45) is 1.85. The highest BCUT2D eigenvalue weighted by molar-refractivity contribution is 6.33. The van der Waals surface area contributed by atoms with Crippen molar-refractivity contribution in [2.24, 2.45) is 0 Å². The van der Waals surface area contributed by atoms with Crippen molar-refractivity contribution in [3.05, 3.63) is 59.1 Å². The van der Waals surface area contributed by atoms with E-state index in [0.29, 0.717) is 19.6 Å². The first kappa shape index (κ1) is 19.4. The van der Waals surface area contributed by atoms with Crippen LogP contribution < -0.4 is 15.0 Å². The molecule has 6 heteroatoms. The summed E-state index contributed by atoms with van der Waals surface area (Å²) in [4.78, 5) is 16.5. The number of amides is 2. The van der Waals surface area contributed by atoms with E-state index in [1.165, 1.54) is 5.56 Å². The molecule has 0 spiro atoms. The van der Waals surface area contributed by atoms with Gasteiger partial charge >= 0.3 is 6.03 Å². The third-order valence-electron chi connectivity index (χ3n) is 4.84. The molecule has 1 aliphatic heterocycles. The summed E-state index contributed by atoms with van der Waals surface area (Å²) in [5.41, 5.74) is 2.29. The summed E-state index contributed by atoms with van der Waals surface area (Å²) >= 11 is 6.27. The van der Waals surface area contributed by atoms with Gasteiger partial charge in [0, 0.05) is 32.7 Å². The van der Waals surface area contributed by atoms with Crippen molar-refractivity contribution in [1.82, 2.24) is 10.2 Å². The van der Waals surface area contributed by atoms with Gasteiger partial charge in [-0.05, 0) is 42.7 Å². The predicted octanol–water partition coefficient (Wildman–Crippen LogP) is 3.81. The zero-order valence-corrected chi connectivity index (χ0v) is 16.4. The molecule has 0 aromatic heterocycles. The number of benzene rings is 2. The number of carbonyl (C=O) groups is 1. The van der Waals surface area contributed by atoms with Crippen LogP contribution in [0.15, 0.2) is 48.5 Å². The number of halogens is 1. The highest BCUT2D eigenvalue weighted by Gasteiger charge is 2.21. The Bertz CT molecular complexity index is 743. The molecule has 1 heterocycles. The number of anilines is 1. The van der Waals surface area contributed by atoms with Gasteiger partial charge in [0.2, 0.25) is 0 Å². The maximum absolute atomic E-state index is 12.4. The van der Waals surface area contributed by atoms with Crippen molar-refractivity contribution in [2.75, 3.05) is 44.7 Å². The number of nitrogens with one attached hydrogen (secondary N) is 1. The molecule has 2 amide bonds. The first-order valence-corrected chi connectivity index (χ1v) is 9.70. The Kier molecular flexibility index (Phi) is 6.82. The Morgan fingerprint density at radius 3 is 2.44 bits per heavy atom. The fourth-order valence-electron chi connectivity index (χ4n) is 3.25. The molecular weight excluding hydrogens is 362 g/mol. The maximum Gasteiger partial charge on any atom is 0.317 e. The number of urea groups is 1. The summed E-state index contributed by atoms with van der Waals surface area (Å²) in [6, 6.07) is 15.9. The molecule has 0 radical (unpaired) electrons. The third-order valence-corrected chi connectivity index (χ3v) is 5.16. The Morgan fingerprint density at radius 2 is 1.78 bits per heavy atom. The lowest BCUT2D eigenvalue weighted by atomic mass is 10.1. The van der Waals surface area contributed by atoms with Crippen LogP contribution in [0.1, 0.15) is 12.0 Å². The summed E-state index contributed by atoms with van der Waals surface area (Å²) in [5.74, 6) is 0.864. The lowest BCUT2D eigenvalue weighted by Gasteiger charge is -2.36. The molecule has 0 aliphatic carbocycles. The molecule has 0 bridgehead atoms. The van der Waals surface area contributed by atoms with Crippen LogP contribution in [-0.4, -0.2) is 50.8 Å². The third kappa shape index (κ3) is 5.30. The van der Waals surface area contributed by atoms with Crippen LogP contribution in [0.3, 0.4) is 0 Å². The molecule has 2 aromatic carbocycles. The first-order chi connectivity index (χ1) is 13.2. The molecule has 27 heavy (non-hydrogen) atoms. The quantitative estimate of drug-likeness (QED) is 0.766. The fourth-order valence-corrected chi connectivity index (χ4v) is 3.51. The zero-order chi connectivity index (χ0) is 19.1. The van der Waals surface area contributed by atoms with E-state index in [1.54, 1.807) is 7.11 Å². The summed E-state index contributed by atoms with van der Waals surface area (Å²) in [6.45, 7) is 3.67. The normalized spacial score (nSPS) is 14.1. The zero-order valence-electron chi connectivity index (χ0n) is 15.7. The largest absolute Gasteiger partial charge is 0.497 e. The summed E-state index contributed by atoms with van der Waals surface area (Å²) in [7, 11) is 1.67. The smallest absolute Gasteiger partial charge is 0.317 e. The number of piperazine rings is 1. The minimum atomic E-state index is 0.0172. The van der Waals surface area contributed by atoms with E-state index in [2.05, 4.69) is 22.3 Å². The van der Waals surface area contributed by atoms with Crippen molar-refractivity contribution in [1.29, 1.82) is 0 Å². The average Bonchev–Trinajstić information content (AvgIpc) is 2.72. The highest BCUT2D eigenvalue weighted by atomic mass is 35.5. The number of carbonyl (C=O) groups excluding carboxylic acids is 1. The topological polar surface area (TPSA) is 44.8 Å². The van der Waals surface area contributed by atoms with E-state index >= 15 is 0 Å². The lowest BCUT2D eigenvalue weighted by Crippen LogP contribution is -2.52. The van der Waals surface area contributed by atoms with Crippen molar-refractivity contribution in [3.8, 4) is 5.75 Å². The lowest BCUT2D eigenvalue weighted by molar-refractivity contribution is 0.194. The second-order valence-corrected chi connectivity index (χ2v) is 7.02. The molecular formula is C21H26ClN3O2. The predicted molar refractivity (Wildman–Crippen MR) is 110 cm³/mol. The average molecular weight is 388 g/mol. The van der Waals surface area contributed by atoms with Crippen molar-refractivity contribution in [2.45, 2.75) is 12.8 Å². The van der Waals surface area contributed by atoms with Gasteiger partial charge in [-0.2, -0.15) is 0 Å². The van der Waals surface area contributed by atoms with Crippen molar-refractivity contribution in [3.63, 3.8) is 0 Å². The van der Waals surface area contributed by atoms with Gasteiger partial charge in [0.15, 0.2) is 0 Å². The van der Waals surface area contributed by atoms with Crippen LogP contribution in [0.25, 0.3) is 0 Å². The SMILES string of the molecule is COc1ccc(CCCNC(=O)N2CCN(c3ccccc3Cl)CC2)cc1. The van der Waals surface area contributed by atoms with Crippen LogP contribution in [0, 0.1) is 0 Å². The van der Waals surface area contributed by atoms with E-state index in [-0.39, 0.29) is 6.03 Å². The monoisotopic (exact) mass is 387 g/mol. The van der Waals surface area contributed by atoms with Gasteiger partial charge in [-0.3, -0.25) is 0 Å². The number of nitrogens with zero attached hydrogens (tertiary/aromatic N) is 2. The number of para-hydroxylation sites is 1.